The van der Waals surface area contributed by atoms with Crippen LogP contribution in [0, 0.1) is 43.8 Å². The molecule has 0 atom stereocenters. The highest BCUT2D eigenvalue weighted by Crippen LogP contribution is 2.27. The Morgan fingerprint density at radius 3 is 2.46 bits per heavy atom. The van der Waals surface area contributed by atoms with E-state index in [1.807, 2.05) is 56.8 Å². The number of hydrogen-bond acceptors (Lipinski definition) is 7. The summed E-state index contributed by atoms with van der Waals surface area (Å²) in [5, 5.41) is 17.9. The number of aromatic carboxylic acids is 1. The maximum atomic E-state index is 12.9. The summed E-state index contributed by atoms with van der Waals surface area (Å²) in [4.78, 5) is 29.6. The Kier molecular flexibility index (Phi) is 13.4. The van der Waals surface area contributed by atoms with E-state index >= 15 is 0 Å². The number of nitriles is 1. The van der Waals surface area contributed by atoms with Gasteiger partial charge in [-0.3, -0.25) is 4.98 Å². The first-order valence-corrected chi connectivity index (χ1v) is 15.3. The summed E-state index contributed by atoms with van der Waals surface area (Å²) in [6.45, 7) is 10.2. The van der Waals surface area contributed by atoms with E-state index in [9.17, 15) is 14.3 Å². The largest absolute Gasteiger partial charge is 0.477 e. The second-order valence-electron chi connectivity index (χ2n) is 11.2. The number of hydrogen-bond donors (Lipinski definition) is 1. The highest BCUT2D eigenvalue weighted by atomic mass is 19.1. The molecule has 0 aliphatic carbocycles. The first-order valence-electron chi connectivity index (χ1n) is 15.3. The molecular weight excluding hydrogens is 581 g/mol. The van der Waals surface area contributed by atoms with Gasteiger partial charge in [0.05, 0.1) is 30.2 Å². The Bertz CT molecular complexity index is 1650. The van der Waals surface area contributed by atoms with Gasteiger partial charge in [-0.25, -0.2) is 19.2 Å². The topological polar surface area (TPSA) is 111 Å². The Hall–Kier alpha value is -5.06. The fraction of sp³-hybridized carbons (Fsp3) is 0.361. The van der Waals surface area contributed by atoms with Crippen molar-refractivity contribution in [2.75, 3.05) is 31.1 Å². The van der Waals surface area contributed by atoms with E-state index in [4.69, 9.17) is 10.2 Å². The number of carboxylic acid groups (broad SMARTS) is 1. The number of nitrogens with zero attached hydrogens (tertiary/aromatic N) is 7. The molecule has 1 N–H and O–H groups in total. The summed E-state index contributed by atoms with van der Waals surface area (Å²) in [5.74, 6) is -0.0621. The van der Waals surface area contributed by atoms with Crippen LogP contribution in [0.5, 0.6) is 0 Å². The lowest BCUT2D eigenvalue weighted by atomic mass is 9.93. The van der Waals surface area contributed by atoms with E-state index in [2.05, 4.69) is 44.7 Å². The third-order valence-electron chi connectivity index (χ3n) is 8.02. The number of terminal acetylenes is 1. The number of likely N-dealkylation sites (tertiary alicyclic amines) is 1. The van der Waals surface area contributed by atoms with Crippen molar-refractivity contribution < 1.29 is 14.3 Å². The lowest BCUT2D eigenvalue weighted by Gasteiger charge is -2.34. The number of anilines is 1. The van der Waals surface area contributed by atoms with E-state index < -0.39 is 5.97 Å². The van der Waals surface area contributed by atoms with Crippen molar-refractivity contribution in [3.8, 4) is 18.9 Å². The zero-order valence-corrected chi connectivity index (χ0v) is 27.0. The van der Waals surface area contributed by atoms with E-state index in [-0.39, 0.29) is 11.5 Å². The number of piperidine rings is 1. The number of carboxylic acids is 1. The predicted molar refractivity (Wildman–Crippen MR) is 178 cm³/mol. The van der Waals surface area contributed by atoms with Crippen LogP contribution in [0.2, 0.25) is 0 Å². The molecule has 1 aromatic carbocycles. The number of pyridine rings is 2. The molecule has 0 bridgehead atoms. The minimum atomic E-state index is -1.01. The van der Waals surface area contributed by atoms with Gasteiger partial charge in [-0.1, -0.05) is 25.1 Å². The molecular formula is C36H42FN7O2. The molecule has 0 amide bonds. The van der Waals surface area contributed by atoms with E-state index in [0.717, 1.165) is 61.8 Å². The van der Waals surface area contributed by atoms with Gasteiger partial charge in [0.15, 0.2) is 5.69 Å². The normalized spacial score (nSPS) is 13.0. The maximum absolute atomic E-state index is 12.9. The minimum Gasteiger partial charge on any atom is -0.477 e. The SMILES string of the molecule is C#C.CCc1ccc(C#N)cc1F.Cc1cccc(C2CCN(CCN(Cc3cncn3C)c3nc(C(=O)O)ccc3C)CC2)n1. The fourth-order valence-electron chi connectivity index (χ4n) is 5.36. The Morgan fingerprint density at radius 2 is 1.87 bits per heavy atom. The van der Waals surface area contributed by atoms with Crippen LogP contribution in [-0.2, 0) is 20.0 Å². The van der Waals surface area contributed by atoms with Crippen LogP contribution >= 0.6 is 0 Å². The van der Waals surface area contributed by atoms with Crippen molar-refractivity contribution in [2.24, 2.45) is 7.05 Å². The Balaban J connectivity index is 0.000000373. The molecule has 3 aromatic heterocycles. The van der Waals surface area contributed by atoms with Crippen molar-refractivity contribution in [1.82, 2.24) is 24.4 Å². The third-order valence-corrected chi connectivity index (χ3v) is 8.02. The van der Waals surface area contributed by atoms with Crippen LogP contribution in [0.15, 0.2) is 61.1 Å². The summed E-state index contributed by atoms with van der Waals surface area (Å²) < 4.78 is 14.9. The average molecular weight is 624 g/mol. The molecule has 10 heteroatoms. The lowest BCUT2D eigenvalue weighted by molar-refractivity contribution is 0.0690. The van der Waals surface area contributed by atoms with E-state index in [1.165, 1.54) is 11.8 Å². The summed E-state index contributed by atoms with van der Waals surface area (Å²) in [6.07, 6.45) is 14.5. The van der Waals surface area contributed by atoms with Gasteiger partial charge in [-0.05, 0) is 87.7 Å². The Labute approximate surface area is 271 Å². The van der Waals surface area contributed by atoms with Crippen molar-refractivity contribution in [3.63, 3.8) is 0 Å². The summed E-state index contributed by atoms with van der Waals surface area (Å²) in [5.41, 5.74) is 5.40. The van der Waals surface area contributed by atoms with Crippen LogP contribution < -0.4 is 4.90 Å². The molecule has 1 fully saturated rings. The molecule has 46 heavy (non-hydrogen) atoms. The smallest absolute Gasteiger partial charge is 0.354 e. The van der Waals surface area contributed by atoms with Crippen LogP contribution in [-0.4, -0.2) is 61.7 Å². The average Bonchev–Trinajstić information content (AvgIpc) is 3.48. The number of carbonyl (C=O) groups is 1. The quantitative estimate of drug-likeness (QED) is 0.229. The highest BCUT2D eigenvalue weighted by molar-refractivity contribution is 5.86. The van der Waals surface area contributed by atoms with Gasteiger partial charge in [0.25, 0.3) is 0 Å². The van der Waals surface area contributed by atoms with Gasteiger partial charge in [-0.2, -0.15) is 5.26 Å². The second kappa shape index (κ2) is 17.4. The zero-order chi connectivity index (χ0) is 33.6. The molecule has 4 aromatic rings. The molecule has 1 saturated heterocycles. The van der Waals surface area contributed by atoms with Gasteiger partial charge in [0, 0.05) is 43.6 Å². The van der Waals surface area contributed by atoms with Gasteiger partial charge in [0.1, 0.15) is 11.6 Å². The molecule has 240 valence electrons. The van der Waals surface area contributed by atoms with Crippen molar-refractivity contribution in [1.29, 1.82) is 5.26 Å². The molecule has 1 aliphatic rings. The molecule has 0 spiro atoms. The predicted octanol–water partition coefficient (Wildman–Crippen LogP) is 5.92. The molecule has 1 aliphatic heterocycles. The van der Waals surface area contributed by atoms with Crippen LogP contribution in [0.3, 0.4) is 0 Å². The van der Waals surface area contributed by atoms with Gasteiger partial charge in [-0.15, -0.1) is 12.8 Å². The molecule has 0 unspecified atom stereocenters. The molecule has 9 nitrogen and oxygen atoms in total. The monoisotopic (exact) mass is 623 g/mol. The van der Waals surface area contributed by atoms with Gasteiger partial charge >= 0.3 is 5.97 Å². The van der Waals surface area contributed by atoms with Crippen molar-refractivity contribution in [2.45, 2.75) is 52.5 Å². The van der Waals surface area contributed by atoms with Crippen LogP contribution in [0.1, 0.15) is 69.9 Å². The van der Waals surface area contributed by atoms with Crippen LogP contribution in [0.4, 0.5) is 10.2 Å². The summed E-state index contributed by atoms with van der Waals surface area (Å²) >= 11 is 0. The number of halogens is 1. The first-order chi connectivity index (χ1) is 22.2. The standard InChI is InChI=1S/C25H32N6O2.C9H8FN.C2H2/c1-18-7-8-23(25(32)33)28-24(18)31(16-21-15-26-17-29(21)3)14-13-30-11-9-20(10-12-30)22-6-4-5-19(2)27-22;1-2-8-4-3-7(6-11)5-9(8)10;1-2/h4-8,15,17,20H,9-14,16H2,1-3H3,(H,32,33);3-5H,2H2,1H3;1-2H. The molecule has 0 saturated carbocycles. The van der Waals surface area contributed by atoms with Crippen molar-refractivity contribution >= 4 is 11.8 Å². The fourth-order valence-corrected chi connectivity index (χ4v) is 5.36. The second-order valence-corrected chi connectivity index (χ2v) is 11.2. The van der Waals surface area contributed by atoms with E-state index in [0.29, 0.717) is 30.0 Å². The Morgan fingerprint density at radius 1 is 1.13 bits per heavy atom. The lowest BCUT2D eigenvalue weighted by Crippen LogP contribution is -2.40. The zero-order valence-electron chi connectivity index (χ0n) is 27.0. The van der Waals surface area contributed by atoms with Crippen molar-refractivity contribution in [3.05, 3.63) is 106 Å². The van der Waals surface area contributed by atoms with Gasteiger partial charge < -0.3 is 19.5 Å². The molecule has 0 radical (unpaired) electrons. The highest BCUT2D eigenvalue weighted by Gasteiger charge is 2.23. The number of benzene rings is 1. The maximum Gasteiger partial charge on any atom is 0.354 e. The number of aromatic nitrogens is 4. The first kappa shape index (κ1) is 35.4. The molecule has 4 heterocycles. The molecule has 5 rings (SSSR count). The summed E-state index contributed by atoms with van der Waals surface area (Å²) in [6, 6.07) is 16.1. The van der Waals surface area contributed by atoms with Crippen LogP contribution in [0.25, 0.3) is 0 Å². The number of imidazole rings is 1. The van der Waals surface area contributed by atoms with E-state index in [1.54, 1.807) is 24.5 Å². The van der Waals surface area contributed by atoms with Gasteiger partial charge in [0.2, 0.25) is 0 Å². The number of rotatable bonds is 9. The summed E-state index contributed by atoms with van der Waals surface area (Å²) in [7, 11) is 1.97. The minimum absolute atomic E-state index is 0.0667. The number of aryl methyl sites for hydroxylation is 4. The third kappa shape index (κ3) is 9.72.